The summed E-state index contributed by atoms with van der Waals surface area (Å²) in [5.74, 6) is 1.86. The standard InChI is InChI=1S/C11H16ClN3S2/c1-16-11-14-9(12)5-10(15-11)17-7-8-3-2-4-13-6-8/h5,8,13H,2-4,6-7H2,1H3/t8-/m0/s1. The maximum atomic E-state index is 5.96. The molecule has 1 N–H and O–H groups in total. The van der Waals surface area contributed by atoms with E-state index in [4.69, 9.17) is 11.6 Å². The molecule has 1 fully saturated rings. The topological polar surface area (TPSA) is 37.8 Å². The van der Waals surface area contributed by atoms with E-state index in [0.29, 0.717) is 5.15 Å². The Labute approximate surface area is 116 Å². The van der Waals surface area contributed by atoms with Crippen LogP contribution in [0.15, 0.2) is 16.2 Å². The molecular weight excluding hydrogens is 274 g/mol. The van der Waals surface area contributed by atoms with E-state index in [9.17, 15) is 0 Å². The van der Waals surface area contributed by atoms with E-state index >= 15 is 0 Å². The fourth-order valence-electron chi connectivity index (χ4n) is 1.81. The fraction of sp³-hybridized carbons (Fsp3) is 0.636. The maximum Gasteiger partial charge on any atom is 0.189 e. The van der Waals surface area contributed by atoms with Gasteiger partial charge in [-0.1, -0.05) is 23.4 Å². The molecule has 3 nitrogen and oxygen atoms in total. The van der Waals surface area contributed by atoms with E-state index in [1.54, 1.807) is 11.8 Å². The van der Waals surface area contributed by atoms with Crippen LogP contribution in [0.1, 0.15) is 12.8 Å². The SMILES string of the molecule is CSc1nc(Cl)cc(SC[C@H]2CCCNC2)n1. The minimum atomic E-state index is 0.536. The van der Waals surface area contributed by atoms with Crippen molar-refractivity contribution in [1.82, 2.24) is 15.3 Å². The molecule has 0 aromatic carbocycles. The highest BCUT2D eigenvalue weighted by molar-refractivity contribution is 7.99. The average molecular weight is 290 g/mol. The van der Waals surface area contributed by atoms with Crippen molar-refractivity contribution in [3.8, 4) is 0 Å². The number of nitrogens with zero attached hydrogens (tertiary/aromatic N) is 2. The second-order valence-electron chi connectivity index (χ2n) is 4.04. The molecule has 0 radical (unpaired) electrons. The summed E-state index contributed by atoms with van der Waals surface area (Å²) in [6.07, 6.45) is 4.56. The third-order valence-electron chi connectivity index (χ3n) is 2.70. The molecule has 0 bridgehead atoms. The zero-order valence-corrected chi connectivity index (χ0v) is 12.2. The third-order valence-corrected chi connectivity index (χ3v) is 4.58. The van der Waals surface area contributed by atoms with Gasteiger partial charge in [0.25, 0.3) is 0 Å². The minimum absolute atomic E-state index is 0.536. The van der Waals surface area contributed by atoms with Crippen LogP contribution >= 0.6 is 35.1 Å². The van der Waals surface area contributed by atoms with Gasteiger partial charge >= 0.3 is 0 Å². The molecule has 1 aliphatic heterocycles. The van der Waals surface area contributed by atoms with Gasteiger partial charge in [-0.2, -0.15) is 0 Å². The Morgan fingerprint density at radius 2 is 2.41 bits per heavy atom. The predicted octanol–water partition coefficient (Wildman–Crippen LogP) is 2.94. The molecule has 2 rings (SSSR count). The molecule has 17 heavy (non-hydrogen) atoms. The lowest BCUT2D eigenvalue weighted by Crippen LogP contribution is -2.30. The average Bonchev–Trinajstić information content (AvgIpc) is 2.37. The molecule has 0 saturated carbocycles. The normalized spacial score (nSPS) is 20.5. The van der Waals surface area contributed by atoms with Crippen LogP contribution in [-0.2, 0) is 0 Å². The molecular formula is C11H16ClN3S2. The van der Waals surface area contributed by atoms with Crippen molar-refractivity contribution in [3.63, 3.8) is 0 Å². The van der Waals surface area contributed by atoms with Gasteiger partial charge in [0.1, 0.15) is 10.2 Å². The van der Waals surface area contributed by atoms with Crippen LogP contribution in [0, 0.1) is 5.92 Å². The molecule has 0 unspecified atom stereocenters. The Hall–Kier alpha value is 0.0300. The largest absolute Gasteiger partial charge is 0.316 e. The van der Waals surface area contributed by atoms with Crippen molar-refractivity contribution < 1.29 is 0 Å². The molecule has 2 heterocycles. The molecule has 1 aromatic heterocycles. The van der Waals surface area contributed by atoms with Crippen molar-refractivity contribution in [2.45, 2.75) is 23.0 Å². The van der Waals surface area contributed by atoms with Crippen molar-refractivity contribution in [2.24, 2.45) is 5.92 Å². The summed E-state index contributed by atoms with van der Waals surface area (Å²) in [4.78, 5) is 8.59. The minimum Gasteiger partial charge on any atom is -0.316 e. The first-order valence-corrected chi connectivity index (χ1v) is 8.29. The van der Waals surface area contributed by atoms with Gasteiger partial charge in [0.15, 0.2) is 5.16 Å². The van der Waals surface area contributed by atoms with Crippen LogP contribution in [-0.4, -0.2) is 35.1 Å². The Balaban J connectivity index is 1.91. The Morgan fingerprint density at radius 1 is 1.53 bits per heavy atom. The first-order valence-electron chi connectivity index (χ1n) is 5.70. The van der Waals surface area contributed by atoms with E-state index in [-0.39, 0.29) is 0 Å². The van der Waals surface area contributed by atoms with E-state index in [2.05, 4.69) is 15.3 Å². The van der Waals surface area contributed by atoms with Crippen LogP contribution in [0.3, 0.4) is 0 Å². The van der Waals surface area contributed by atoms with Gasteiger partial charge in [0, 0.05) is 11.8 Å². The summed E-state index contributed by atoms with van der Waals surface area (Å²) in [5, 5.41) is 5.70. The van der Waals surface area contributed by atoms with Gasteiger partial charge in [-0.3, -0.25) is 0 Å². The molecule has 0 spiro atoms. The maximum absolute atomic E-state index is 5.96. The summed E-state index contributed by atoms with van der Waals surface area (Å²) < 4.78 is 0. The van der Waals surface area contributed by atoms with Crippen LogP contribution < -0.4 is 5.32 Å². The predicted molar refractivity (Wildman–Crippen MR) is 75.1 cm³/mol. The second-order valence-corrected chi connectivity index (χ2v) is 6.24. The van der Waals surface area contributed by atoms with Crippen molar-refractivity contribution in [1.29, 1.82) is 0 Å². The molecule has 1 saturated heterocycles. The zero-order valence-electron chi connectivity index (χ0n) is 9.78. The van der Waals surface area contributed by atoms with Gasteiger partial charge in [0.05, 0.1) is 0 Å². The lowest BCUT2D eigenvalue weighted by molar-refractivity contribution is 0.410. The molecule has 1 aliphatic rings. The molecule has 0 amide bonds. The van der Waals surface area contributed by atoms with Crippen LogP contribution in [0.5, 0.6) is 0 Å². The highest BCUT2D eigenvalue weighted by Gasteiger charge is 2.14. The van der Waals surface area contributed by atoms with Crippen LogP contribution in [0.4, 0.5) is 0 Å². The van der Waals surface area contributed by atoms with Crippen molar-refractivity contribution >= 4 is 35.1 Å². The first-order chi connectivity index (χ1) is 8.28. The lowest BCUT2D eigenvalue weighted by Gasteiger charge is -2.21. The van der Waals surface area contributed by atoms with Crippen LogP contribution in [0.2, 0.25) is 5.15 Å². The number of hydrogen-bond donors (Lipinski definition) is 1. The first kappa shape index (κ1) is 13.5. The second kappa shape index (κ2) is 6.83. The zero-order chi connectivity index (χ0) is 12.1. The molecule has 6 heteroatoms. The summed E-state index contributed by atoms with van der Waals surface area (Å²) in [7, 11) is 0. The summed E-state index contributed by atoms with van der Waals surface area (Å²) >= 11 is 9.27. The molecule has 94 valence electrons. The Bertz CT molecular complexity index is 370. The highest BCUT2D eigenvalue weighted by atomic mass is 35.5. The third kappa shape index (κ3) is 4.32. The fourth-order valence-corrected chi connectivity index (χ4v) is 3.58. The van der Waals surface area contributed by atoms with Gasteiger partial charge < -0.3 is 5.32 Å². The van der Waals surface area contributed by atoms with Crippen LogP contribution in [0.25, 0.3) is 0 Å². The van der Waals surface area contributed by atoms with Gasteiger partial charge in [-0.05, 0) is 38.1 Å². The lowest BCUT2D eigenvalue weighted by atomic mass is 10.0. The number of halogens is 1. The smallest absolute Gasteiger partial charge is 0.189 e. The van der Waals surface area contributed by atoms with Crippen molar-refractivity contribution in [2.75, 3.05) is 25.1 Å². The number of piperidine rings is 1. The highest BCUT2D eigenvalue weighted by Crippen LogP contribution is 2.25. The number of nitrogens with one attached hydrogen (secondary N) is 1. The summed E-state index contributed by atoms with van der Waals surface area (Å²) in [5.41, 5.74) is 0. The monoisotopic (exact) mass is 289 g/mol. The summed E-state index contributed by atoms with van der Waals surface area (Å²) in [6.45, 7) is 2.29. The van der Waals surface area contributed by atoms with Crippen molar-refractivity contribution in [3.05, 3.63) is 11.2 Å². The Morgan fingerprint density at radius 3 is 3.12 bits per heavy atom. The Kier molecular flexibility index (Phi) is 5.41. The number of thioether (sulfide) groups is 2. The molecule has 0 aliphatic carbocycles. The molecule has 1 atom stereocenters. The van der Waals surface area contributed by atoms with E-state index in [1.807, 2.05) is 12.3 Å². The quantitative estimate of drug-likeness (QED) is 0.524. The van der Waals surface area contributed by atoms with Gasteiger partial charge in [-0.15, -0.1) is 11.8 Å². The van der Waals surface area contributed by atoms with E-state index in [0.717, 1.165) is 34.9 Å². The van der Waals surface area contributed by atoms with Gasteiger partial charge in [-0.25, -0.2) is 9.97 Å². The summed E-state index contributed by atoms with van der Waals surface area (Å²) in [6, 6.07) is 1.85. The van der Waals surface area contributed by atoms with E-state index < -0.39 is 0 Å². The number of aromatic nitrogens is 2. The molecule has 1 aromatic rings. The van der Waals surface area contributed by atoms with E-state index in [1.165, 1.54) is 24.6 Å². The number of rotatable bonds is 4. The van der Waals surface area contributed by atoms with Gasteiger partial charge in [0.2, 0.25) is 0 Å². The number of hydrogen-bond acceptors (Lipinski definition) is 5.